The van der Waals surface area contributed by atoms with E-state index >= 15 is 0 Å². The summed E-state index contributed by atoms with van der Waals surface area (Å²) in [5.41, 5.74) is 1.65. The van der Waals surface area contributed by atoms with E-state index in [1.165, 1.54) is 0 Å². The third-order valence-electron chi connectivity index (χ3n) is 3.11. The Balaban J connectivity index is 1.94. The number of ether oxygens (including phenoxy) is 3. The second kappa shape index (κ2) is 7.36. The zero-order valence-corrected chi connectivity index (χ0v) is 12.9. The standard InChI is InChI=1S/C17H19NO4/c1-12-10-13(8-9-14(12)20-2)18-17(19)11-22-16-7-5-4-6-15(16)21-3/h4-10H,11H2,1-3H3,(H,18,19). The Morgan fingerprint density at radius 1 is 1.00 bits per heavy atom. The maximum absolute atomic E-state index is 11.9. The van der Waals surface area contributed by atoms with Crippen molar-refractivity contribution in [3.05, 3.63) is 48.0 Å². The van der Waals surface area contributed by atoms with Gasteiger partial charge >= 0.3 is 0 Å². The SMILES string of the molecule is COc1ccc(NC(=O)COc2ccccc2OC)cc1C. The van der Waals surface area contributed by atoms with E-state index in [2.05, 4.69) is 5.32 Å². The van der Waals surface area contributed by atoms with Crippen LogP contribution < -0.4 is 19.5 Å². The van der Waals surface area contributed by atoms with Crippen molar-refractivity contribution in [2.24, 2.45) is 0 Å². The molecular weight excluding hydrogens is 282 g/mol. The Kier molecular flexibility index (Phi) is 5.25. The van der Waals surface area contributed by atoms with Crippen LogP contribution in [0.2, 0.25) is 0 Å². The van der Waals surface area contributed by atoms with Crippen LogP contribution in [0.15, 0.2) is 42.5 Å². The minimum absolute atomic E-state index is 0.0918. The lowest BCUT2D eigenvalue weighted by Crippen LogP contribution is -2.20. The molecule has 22 heavy (non-hydrogen) atoms. The summed E-state index contributed by atoms with van der Waals surface area (Å²) in [6, 6.07) is 12.6. The van der Waals surface area contributed by atoms with E-state index in [9.17, 15) is 4.79 Å². The fourth-order valence-electron chi connectivity index (χ4n) is 2.03. The third-order valence-corrected chi connectivity index (χ3v) is 3.11. The number of nitrogens with one attached hydrogen (secondary N) is 1. The number of para-hydroxylation sites is 2. The van der Waals surface area contributed by atoms with Gasteiger partial charge in [0.15, 0.2) is 18.1 Å². The molecule has 1 N–H and O–H groups in total. The molecule has 0 saturated carbocycles. The second-order valence-electron chi connectivity index (χ2n) is 4.67. The topological polar surface area (TPSA) is 56.8 Å². The van der Waals surface area contributed by atoms with Gasteiger partial charge in [-0.2, -0.15) is 0 Å². The van der Waals surface area contributed by atoms with Gasteiger partial charge in [-0.05, 0) is 42.8 Å². The van der Waals surface area contributed by atoms with Gasteiger partial charge in [0.2, 0.25) is 0 Å². The molecule has 1 amide bonds. The van der Waals surface area contributed by atoms with E-state index in [-0.39, 0.29) is 12.5 Å². The zero-order valence-electron chi connectivity index (χ0n) is 12.9. The summed E-state index contributed by atoms with van der Waals surface area (Å²) in [5.74, 6) is 1.67. The number of rotatable bonds is 6. The van der Waals surface area contributed by atoms with E-state index in [1.807, 2.05) is 31.2 Å². The number of hydrogen-bond acceptors (Lipinski definition) is 4. The molecule has 5 nitrogen and oxygen atoms in total. The predicted octanol–water partition coefficient (Wildman–Crippen LogP) is 3.03. The highest BCUT2D eigenvalue weighted by Crippen LogP contribution is 2.26. The molecule has 0 radical (unpaired) electrons. The molecule has 0 heterocycles. The first-order valence-electron chi connectivity index (χ1n) is 6.84. The highest BCUT2D eigenvalue weighted by atomic mass is 16.5. The van der Waals surface area contributed by atoms with Gasteiger partial charge in [-0.15, -0.1) is 0 Å². The lowest BCUT2D eigenvalue weighted by molar-refractivity contribution is -0.118. The van der Waals surface area contributed by atoms with E-state index in [0.717, 1.165) is 11.3 Å². The lowest BCUT2D eigenvalue weighted by Gasteiger charge is -2.11. The van der Waals surface area contributed by atoms with Crippen molar-refractivity contribution >= 4 is 11.6 Å². The normalized spacial score (nSPS) is 9.95. The molecule has 2 aromatic rings. The predicted molar refractivity (Wildman–Crippen MR) is 84.8 cm³/mol. The van der Waals surface area contributed by atoms with E-state index in [4.69, 9.17) is 14.2 Å². The Hall–Kier alpha value is -2.69. The minimum Gasteiger partial charge on any atom is -0.496 e. The Bertz CT molecular complexity index is 655. The summed E-state index contributed by atoms with van der Waals surface area (Å²) in [7, 11) is 3.17. The molecule has 0 bridgehead atoms. The molecule has 0 unspecified atom stereocenters. The Labute approximate surface area is 129 Å². The molecule has 0 aliphatic heterocycles. The highest BCUT2D eigenvalue weighted by molar-refractivity contribution is 5.92. The fourth-order valence-corrected chi connectivity index (χ4v) is 2.03. The van der Waals surface area contributed by atoms with Crippen molar-refractivity contribution in [1.82, 2.24) is 0 Å². The number of methoxy groups -OCH3 is 2. The van der Waals surface area contributed by atoms with Crippen LogP contribution in [0.3, 0.4) is 0 Å². The van der Waals surface area contributed by atoms with Crippen LogP contribution in [0.1, 0.15) is 5.56 Å². The van der Waals surface area contributed by atoms with Gasteiger partial charge in [-0.1, -0.05) is 12.1 Å². The molecule has 5 heteroatoms. The molecule has 0 atom stereocenters. The van der Waals surface area contributed by atoms with Crippen LogP contribution in [0, 0.1) is 6.92 Å². The first-order chi connectivity index (χ1) is 10.6. The first kappa shape index (κ1) is 15.7. The second-order valence-corrected chi connectivity index (χ2v) is 4.67. The van der Waals surface area contributed by atoms with Crippen molar-refractivity contribution in [3.63, 3.8) is 0 Å². The van der Waals surface area contributed by atoms with Gasteiger partial charge in [0.25, 0.3) is 5.91 Å². The summed E-state index contributed by atoms with van der Waals surface area (Å²) < 4.78 is 15.8. The zero-order chi connectivity index (χ0) is 15.9. The fraction of sp³-hybridized carbons (Fsp3) is 0.235. The van der Waals surface area contributed by atoms with Gasteiger partial charge in [-0.3, -0.25) is 4.79 Å². The van der Waals surface area contributed by atoms with Crippen molar-refractivity contribution in [2.45, 2.75) is 6.92 Å². The summed E-state index contributed by atoms with van der Waals surface area (Å²) in [6.45, 7) is 1.82. The van der Waals surface area contributed by atoms with Crippen molar-refractivity contribution in [3.8, 4) is 17.2 Å². The number of amides is 1. The highest BCUT2D eigenvalue weighted by Gasteiger charge is 2.08. The molecule has 0 spiro atoms. The molecule has 2 aromatic carbocycles. The van der Waals surface area contributed by atoms with Crippen LogP contribution in [-0.2, 0) is 4.79 Å². The molecule has 116 valence electrons. The smallest absolute Gasteiger partial charge is 0.262 e. The number of hydrogen-bond donors (Lipinski definition) is 1. The van der Waals surface area contributed by atoms with Crippen LogP contribution >= 0.6 is 0 Å². The van der Waals surface area contributed by atoms with Crippen molar-refractivity contribution in [2.75, 3.05) is 26.1 Å². The first-order valence-corrected chi connectivity index (χ1v) is 6.84. The number of aryl methyl sites for hydroxylation is 1. The molecule has 0 fully saturated rings. The van der Waals surface area contributed by atoms with Crippen LogP contribution in [0.5, 0.6) is 17.2 Å². The quantitative estimate of drug-likeness (QED) is 0.891. The number of carbonyl (C=O) groups excluding carboxylic acids is 1. The van der Waals surface area contributed by atoms with E-state index in [1.54, 1.807) is 32.4 Å². The molecule has 0 aliphatic carbocycles. The lowest BCUT2D eigenvalue weighted by atomic mass is 10.2. The summed E-state index contributed by atoms with van der Waals surface area (Å²) in [6.07, 6.45) is 0. The molecule has 0 aliphatic rings. The Morgan fingerprint density at radius 2 is 1.68 bits per heavy atom. The monoisotopic (exact) mass is 301 g/mol. The molecule has 0 saturated heterocycles. The number of carbonyl (C=O) groups is 1. The maximum Gasteiger partial charge on any atom is 0.262 e. The van der Waals surface area contributed by atoms with Gasteiger partial charge in [-0.25, -0.2) is 0 Å². The average Bonchev–Trinajstić information content (AvgIpc) is 2.53. The third kappa shape index (κ3) is 3.91. The molecule has 2 rings (SSSR count). The van der Waals surface area contributed by atoms with Gasteiger partial charge in [0.1, 0.15) is 5.75 Å². The van der Waals surface area contributed by atoms with Gasteiger partial charge < -0.3 is 19.5 Å². The van der Waals surface area contributed by atoms with E-state index in [0.29, 0.717) is 17.2 Å². The van der Waals surface area contributed by atoms with Crippen LogP contribution in [-0.4, -0.2) is 26.7 Å². The van der Waals surface area contributed by atoms with Gasteiger partial charge in [0.05, 0.1) is 14.2 Å². The number of benzene rings is 2. The minimum atomic E-state index is -0.240. The summed E-state index contributed by atoms with van der Waals surface area (Å²) >= 11 is 0. The van der Waals surface area contributed by atoms with E-state index < -0.39 is 0 Å². The molecular formula is C17H19NO4. The van der Waals surface area contributed by atoms with Gasteiger partial charge in [0, 0.05) is 5.69 Å². The summed E-state index contributed by atoms with van der Waals surface area (Å²) in [5, 5.41) is 2.78. The maximum atomic E-state index is 11.9. The Morgan fingerprint density at radius 3 is 2.32 bits per heavy atom. The number of anilines is 1. The van der Waals surface area contributed by atoms with Crippen molar-refractivity contribution < 1.29 is 19.0 Å². The summed E-state index contributed by atoms with van der Waals surface area (Å²) in [4.78, 5) is 11.9. The van der Waals surface area contributed by atoms with Crippen LogP contribution in [0.4, 0.5) is 5.69 Å². The largest absolute Gasteiger partial charge is 0.496 e. The van der Waals surface area contributed by atoms with Crippen LogP contribution in [0.25, 0.3) is 0 Å². The van der Waals surface area contributed by atoms with Crippen molar-refractivity contribution in [1.29, 1.82) is 0 Å². The molecule has 0 aromatic heterocycles. The average molecular weight is 301 g/mol.